The predicted molar refractivity (Wildman–Crippen MR) is 122 cm³/mol. The Hall–Kier alpha value is -0.990. The van der Waals surface area contributed by atoms with Gasteiger partial charge in [-0.05, 0) is 13.3 Å². The Labute approximate surface area is 185 Å². The Morgan fingerprint density at radius 2 is 1.37 bits per heavy atom. The van der Waals surface area contributed by atoms with Crippen LogP contribution in [0.25, 0.3) is 0 Å². The molecule has 1 aromatic carbocycles. The Morgan fingerprint density at radius 1 is 0.900 bits per heavy atom. The molecule has 0 N–H and O–H groups in total. The first-order valence-electron chi connectivity index (χ1n) is 11.1. The molecule has 0 saturated heterocycles. The SMILES string of the molecule is CCCCCCCCCCCC(c1ccc(C)cc1)[N+](C)(C)C.COOS(=O)(=O)[O-]. The van der Waals surface area contributed by atoms with Crippen molar-refractivity contribution in [2.24, 2.45) is 0 Å². The summed E-state index contributed by atoms with van der Waals surface area (Å²) in [4.78, 5) is 3.51. The average Bonchev–Trinajstić information content (AvgIpc) is 2.63. The van der Waals surface area contributed by atoms with Gasteiger partial charge in [0.25, 0.3) is 0 Å². The van der Waals surface area contributed by atoms with Gasteiger partial charge >= 0.3 is 0 Å². The van der Waals surface area contributed by atoms with Crippen molar-refractivity contribution in [1.29, 1.82) is 0 Å². The number of unbranched alkanes of at least 4 members (excludes halogenated alkanes) is 8. The molecule has 1 unspecified atom stereocenters. The zero-order valence-electron chi connectivity index (χ0n) is 19.9. The molecule has 0 bridgehead atoms. The first-order chi connectivity index (χ1) is 14.0. The minimum Gasteiger partial charge on any atom is -0.724 e. The predicted octanol–water partition coefficient (Wildman–Crippen LogP) is 5.69. The summed E-state index contributed by atoms with van der Waals surface area (Å²) in [6.07, 6.45) is 14.0. The van der Waals surface area contributed by atoms with Gasteiger partial charge in [0.05, 0.1) is 28.3 Å². The summed E-state index contributed by atoms with van der Waals surface area (Å²) in [5.41, 5.74) is 2.86. The summed E-state index contributed by atoms with van der Waals surface area (Å²) < 4.78 is 32.2. The number of benzene rings is 1. The summed E-state index contributed by atoms with van der Waals surface area (Å²) in [5.74, 6) is 0. The lowest BCUT2D eigenvalue weighted by Gasteiger charge is -2.34. The van der Waals surface area contributed by atoms with E-state index in [1.165, 1.54) is 75.3 Å². The van der Waals surface area contributed by atoms with E-state index in [2.05, 4.69) is 68.5 Å². The second kappa shape index (κ2) is 15.8. The molecule has 0 aliphatic heterocycles. The maximum atomic E-state index is 9.33. The highest BCUT2D eigenvalue weighted by molar-refractivity contribution is 7.80. The van der Waals surface area contributed by atoms with Gasteiger partial charge in [-0.2, -0.15) is 0 Å². The lowest BCUT2D eigenvalue weighted by Crippen LogP contribution is -2.38. The average molecular weight is 446 g/mol. The number of hydrogen-bond acceptors (Lipinski definition) is 5. The summed E-state index contributed by atoms with van der Waals surface area (Å²) in [6.45, 7) is 4.46. The highest BCUT2D eigenvalue weighted by Gasteiger charge is 2.24. The van der Waals surface area contributed by atoms with Crippen molar-refractivity contribution in [3.63, 3.8) is 0 Å². The molecule has 30 heavy (non-hydrogen) atoms. The summed E-state index contributed by atoms with van der Waals surface area (Å²) in [7, 11) is 3.27. The van der Waals surface area contributed by atoms with E-state index in [1.807, 2.05) is 0 Å². The van der Waals surface area contributed by atoms with Gasteiger partial charge < -0.3 is 9.04 Å². The molecule has 0 radical (unpaired) electrons. The topological polar surface area (TPSA) is 75.7 Å². The summed E-state index contributed by atoms with van der Waals surface area (Å²) in [6, 6.07) is 9.80. The quantitative estimate of drug-likeness (QED) is 0.0918. The zero-order valence-corrected chi connectivity index (χ0v) is 20.7. The monoisotopic (exact) mass is 445 g/mol. The lowest BCUT2D eigenvalue weighted by molar-refractivity contribution is -0.902. The molecule has 6 nitrogen and oxygen atoms in total. The smallest absolute Gasteiger partial charge is 0.245 e. The van der Waals surface area contributed by atoms with E-state index in [0.29, 0.717) is 6.04 Å². The summed E-state index contributed by atoms with van der Waals surface area (Å²) >= 11 is 0. The molecule has 0 spiro atoms. The highest BCUT2D eigenvalue weighted by atomic mass is 32.3. The molecule has 176 valence electrons. The van der Waals surface area contributed by atoms with Crippen molar-refractivity contribution >= 4 is 10.4 Å². The molecule has 0 aliphatic rings. The normalized spacial score (nSPS) is 12.9. The molecule has 0 aliphatic carbocycles. The lowest BCUT2D eigenvalue weighted by atomic mass is 9.96. The van der Waals surface area contributed by atoms with Gasteiger partial charge in [-0.3, -0.25) is 0 Å². The second-order valence-electron chi connectivity index (χ2n) is 8.80. The van der Waals surface area contributed by atoms with E-state index in [4.69, 9.17) is 0 Å². The van der Waals surface area contributed by atoms with Gasteiger partial charge in [0.15, 0.2) is 0 Å². The van der Waals surface area contributed by atoms with Crippen LogP contribution in [0.3, 0.4) is 0 Å². The highest BCUT2D eigenvalue weighted by Crippen LogP contribution is 2.29. The zero-order chi connectivity index (χ0) is 23.0. The van der Waals surface area contributed by atoms with E-state index in [-0.39, 0.29) is 0 Å². The van der Waals surface area contributed by atoms with E-state index in [0.717, 1.165) is 11.6 Å². The van der Waals surface area contributed by atoms with E-state index < -0.39 is 10.4 Å². The third-order valence-corrected chi connectivity index (χ3v) is 5.43. The Balaban J connectivity index is 0.00000103. The first kappa shape index (κ1) is 29.0. The van der Waals surface area contributed by atoms with E-state index in [9.17, 15) is 13.0 Å². The van der Waals surface area contributed by atoms with Crippen LogP contribution in [0.2, 0.25) is 0 Å². The molecule has 1 aromatic rings. The van der Waals surface area contributed by atoms with Gasteiger partial charge in [0.2, 0.25) is 10.4 Å². The van der Waals surface area contributed by atoms with E-state index in [1.54, 1.807) is 0 Å². The minimum absolute atomic E-state index is 0.625. The van der Waals surface area contributed by atoms with Gasteiger partial charge in [-0.25, -0.2) is 13.3 Å². The third-order valence-electron chi connectivity index (χ3n) is 5.13. The fraction of sp³-hybridized carbons (Fsp3) is 0.739. The van der Waals surface area contributed by atoms with Gasteiger partial charge in [-0.1, -0.05) is 88.1 Å². The van der Waals surface area contributed by atoms with Gasteiger partial charge in [0.1, 0.15) is 6.04 Å². The van der Waals surface area contributed by atoms with Crippen molar-refractivity contribution in [1.82, 2.24) is 0 Å². The fourth-order valence-electron chi connectivity index (χ4n) is 3.52. The Morgan fingerprint density at radius 3 is 1.73 bits per heavy atom. The number of quaternary nitrogens is 1. The molecule has 0 aromatic heterocycles. The first-order valence-corrected chi connectivity index (χ1v) is 12.4. The Bertz CT molecular complexity index is 639. The van der Waals surface area contributed by atoms with Gasteiger partial charge in [-0.15, -0.1) is 4.33 Å². The molecule has 1 atom stereocenters. The second-order valence-corrected chi connectivity index (χ2v) is 9.76. The molecule has 7 heteroatoms. The summed E-state index contributed by atoms with van der Waals surface area (Å²) in [5, 5.41) is 0. The molecule has 0 amide bonds. The van der Waals surface area contributed by atoms with Crippen molar-refractivity contribution in [2.45, 2.75) is 84.1 Å². The van der Waals surface area contributed by atoms with Crippen LogP contribution < -0.4 is 0 Å². The van der Waals surface area contributed by atoms with Crippen molar-refractivity contribution in [2.75, 3.05) is 28.3 Å². The number of aryl methyl sites for hydroxylation is 1. The molecular formula is C23H43NO5S. The van der Waals surface area contributed by atoms with E-state index >= 15 is 0 Å². The standard InChI is InChI=1S/C22H40N.CH4O5S/c1-6-7-8-9-10-11-12-13-14-15-22(23(3,4)5)21-18-16-20(2)17-19-21;1-5-6-7(2,3)4/h16-19,22H,6-15H2,1-5H3;1H3,(H,2,3,4)/q+1;/p-1. The number of rotatable bonds is 14. The molecule has 1 rings (SSSR count). The maximum absolute atomic E-state index is 9.33. The third kappa shape index (κ3) is 15.8. The molecular weight excluding hydrogens is 402 g/mol. The maximum Gasteiger partial charge on any atom is 0.245 e. The van der Waals surface area contributed by atoms with Crippen LogP contribution in [0, 0.1) is 6.92 Å². The van der Waals surface area contributed by atoms with Crippen LogP contribution in [0.1, 0.15) is 88.3 Å². The van der Waals surface area contributed by atoms with Crippen molar-refractivity contribution in [3.05, 3.63) is 35.4 Å². The van der Waals surface area contributed by atoms with Crippen LogP contribution in [-0.4, -0.2) is 45.7 Å². The molecule has 0 heterocycles. The number of hydrogen-bond donors (Lipinski definition) is 0. The van der Waals surface area contributed by atoms with Crippen molar-refractivity contribution in [3.8, 4) is 0 Å². The Kier molecular flexibility index (Phi) is 15.2. The number of nitrogens with zero attached hydrogens (tertiary/aromatic N) is 1. The van der Waals surface area contributed by atoms with Crippen LogP contribution in [0.4, 0.5) is 0 Å². The molecule has 0 saturated carbocycles. The largest absolute Gasteiger partial charge is 0.724 e. The molecule has 0 fully saturated rings. The van der Waals surface area contributed by atoms with Crippen molar-refractivity contribution < 1.29 is 26.7 Å². The van der Waals surface area contributed by atoms with Crippen LogP contribution in [-0.2, 0) is 19.6 Å². The minimum atomic E-state index is -4.65. The van der Waals surface area contributed by atoms with Crippen LogP contribution in [0.5, 0.6) is 0 Å². The van der Waals surface area contributed by atoms with Crippen LogP contribution in [0.15, 0.2) is 24.3 Å². The van der Waals surface area contributed by atoms with Crippen LogP contribution >= 0.6 is 0 Å². The van der Waals surface area contributed by atoms with Gasteiger partial charge in [0, 0.05) is 12.0 Å². The fourth-order valence-corrected chi connectivity index (χ4v) is 3.69.